The minimum atomic E-state index is -3.26. The van der Waals surface area contributed by atoms with Crippen molar-refractivity contribution in [2.45, 2.75) is 31.2 Å². The first-order valence-corrected chi connectivity index (χ1v) is 11.6. The monoisotopic (exact) mass is 399 g/mol. The quantitative estimate of drug-likeness (QED) is 0.837. The molecule has 2 aromatic rings. The van der Waals surface area contributed by atoms with Crippen molar-refractivity contribution in [1.82, 2.24) is 14.6 Å². The number of benzene rings is 1. The molecule has 3 unspecified atom stereocenters. The normalized spacial score (nSPS) is 24.8. The molecule has 148 valence electrons. The fraction of sp³-hybridized carbons (Fsp3) is 0.429. The summed E-state index contributed by atoms with van der Waals surface area (Å²) in [6.45, 7) is 1.16. The summed E-state index contributed by atoms with van der Waals surface area (Å²) in [7, 11) is -3.26. The van der Waals surface area contributed by atoms with Crippen LogP contribution in [0.5, 0.6) is 0 Å². The molecule has 0 radical (unpaired) electrons. The molecule has 4 rings (SSSR count). The third kappa shape index (κ3) is 4.25. The number of piperidine rings is 1. The third-order valence-electron chi connectivity index (χ3n) is 5.52. The maximum absolute atomic E-state index is 13.0. The number of likely N-dealkylation sites (tertiary alicyclic amines) is 1. The van der Waals surface area contributed by atoms with Gasteiger partial charge in [-0.25, -0.2) is 13.1 Å². The lowest BCUT2D eigenvalue weighted by Crippen LogP contribution is -2.49. The van der Waals surface area contributed by atoms with E-state index < -0.39 is 10.0 Å². The minimum Gasteiger partial charge on any atom is -0.341 e. The average Bonchev–Trinajstić information content (AvgIpc) is 3.48. The molecule has 0 spiro atoms. The highest BCUT2D eigenvalue weighted by Gasteiger charge is 2.47. The number of rotatable bonds is 5. The first kappa shape index (κ1) is 19.1. The summed E-state index contributed by atoms with van der Waals surface area (Å²) < 4.78 is 25.7. The lowest BCUT2D eigenvalue weighted by molar-refractivity contribution is -0.133. The molecule has 1 N–H and O–H groups in total. The van der Waals surface area contributed by atoms with Crippen LogP contribution in [0.4, 0.5) is 0 Å². The molecule has 1 aromatic heterocycles. The average molecular weight is 400 g/mol. The molecule has 28 heavy (non-hydrogen) atoms. The Morgan fingerprint density at radius 3 is 2.71 bits per heavy atom. The number of hydrogen-bond acceptors (Lipinski definition) is 4. The SMILES string of the molecule is CS(=O)(=O)NC1CCCN(C(=O)C2CC2c2ccccc2-c2ccccn2)C1. The first-order valence-electron chi connectivity index (χ1n) is 9.69. The maximum atomic E-state index is 13.0. The molecule has 1 amide bonds. The van der Waals surface area contributed by atoms with Gasteiger partial charge in [0.1, 0.15) is 0 Å². The highest BCUT2D eigenvalue weighted by Crippen LogP contribution is 2.51. The summed E-state index contributed by atoms with van der Waals surface area (Å²) in [6.07, 6.45) is 5.38. The van der Waals surface area contributed by atoms with Gasteiger partial charge >= 0.3 is 0 Å². The van der Waals surface area contributed by atoms with Crippen LogP contribution in [0.25, 0.3) is 11.3 Å². The Balaban J connectivity index is 1.47. The van der Waals surface area contributed by atoms with Crippen molar-refractivity contribution >= 4 is 15.9 Å². The van der Waals surface area contributed by atoms with Crippen LogP contribution in [0.2, 0.25) is 0 Å². The van der Waals surface area contributed by atoms with E-state index in [9.17, 15) is 13.2 Å². The maximum Gasteiger partial charge on any atom is 0.226 e. The molecule has 6 nitrogen and oxygen atoms in total. The van der Waals surface area contributed by atoms with Gasteiger partial charge in [0.2, 0.25) is 15.9 Å². The van der Waals surface area contributed by atoms with E-state index in [0.717, 1.165) is 30.5 Å². The molecule has 3 atom stereocenters. The fourth-order valence-electron chi connectivity index (χ4n) is 4.20. The Bertz CT molecular complexity index is 962. The number of nitrogens with zero attached hydrogens (tertiary/aromatic N) is 2. The Labute approximate surface area is 166 Å². The highest BCUT2D eigenvalue weighted by molar-refractivity contribution is 7.88. The Morgan fingerprint density at radius 1 is 1.18 bits per heavy atom. The van der Waals surface area contributed by atoms with Crippen molar-refractivity contribution in [3.8, 4) is 11.3 Å². The van der Waals surface area contributed by atoms with Crippen molar-refractivity contribution in [3.63, 3.8) is 0 Å². The molecule has 2 aliphatic rings. The van der Waals surface area contributed by atoms with Crippen LogP contribution < -0.4 is 4.72 Å². The van der Waals surface area contributed by atoms with E-state index in [-0.39, 0.29) is 23.8 Å². The van der Waals surface area contributed by atoms with Gasteiger partial charge in [-0.1, -0.05) is 30.3 Å². The van der Waals surface area contributed by atoms with E-state index >= 15 is 0 Å². The zero-order valence-electron chi connectivity index (χ0n) is 15.9. The van der Waals surface area contributed by atoms with E-state index in [1.807, 2.05) is 35.2 Å². The van der Waals surface area contributed by atoms with Gasteiger partial charge in [0, 0.05) is 36.8 Å². The van der Waals surface area contributed by atoms with Crippen LogP contribution in [0.15, 0.2) is 48.7 Å². The number of sulfonamides is 1. The summed E-state index contributed by atoms with van der Waals surface area (Å²) >= 11 is 0. The second kappa shape index (κ2) is 7.64. The predicted molar refractivity (Wildman–Crippen MR) is 108 cm³/mol. The second-order valence-electron chi connectivity index (χ2n) is 7.76. The van der Waals surface area contributed by atoms with Gasteiger partial charge in [0.15, 0.2) is 0 Å². The van der Waals surface area contributed by atoms with Gasteiger partial charge < -0.3 is 4.90 Å². The summed E-state index contributed by atoms with van der Waals surface area (Å²) in [4.78, 5) is 19.3. The molecule has 1 saturated carbocycles. The van der Waals surface area contributed by atoms with Crippen molar-refractivity contribution in [2.75, 3.05) is 19.3 Å². The van der Waals surface area contributed by atoms with E-state index in [2.05, 4.69) is 21.8 Å². The molecule has 1 saturated heterocycles. The van der Waals surface area contributed by atoms with E-state index in [1.165, 1.54) is 11.8 Å². The Kier molecular flexibility index (Phi) is 5.21. The van der Waals surface area contributed by atoms with Crippen LogP contribution in [-0.2, 0) is 14.8 Å². The third-order valence-corrected chi connectivity index (χ3v) is 6.28. The number of carbonyl (C=O) groups excluding carboxylic acids is 1. The largest absolute Gasteiger partial charge is 0.341 e. The van der Waals surface area contributed by atoms with Crippen molar-refractivity contribution in [1.29, 1.82) is 0 Å². The van der Waals surface area contributed by atoms with E-state index in [4.69, 9.17) is 0 Å². The van der Waals surface area contributed by atoms with Gasteiger partial charge in [-0.2, -0.15) is 0 Å². The van der Waals surface area contributed by atoms with Gasteiger partial charge in [-0.05, 0) is 42.9 Å². The van der Waals surface area contributed by atoms with Crippen molar-refractivity contribution < 1.29 is 13.2 Å². The van der Waals surface area contributed by atoms with Crippen molar-refractivity contribution in [3.05, 3.63) is 54.2 Å². The summed E-state index contributed by atoms with van der Waals surface area (Å²) in [5.74, 6) is 0.316. The van der Waals surface area contributed by atoms with Gasteiger partial charge in [0.05, 0.1) is 11.9 Å². The molecule has 7 heteroatoms. The van der Waals surface area contributed by atoms with Crippen LogP contribution in [0, 0.1) is 5.92 Å². The molecule has 1 aliphatic carbocycles. The summed E-state index contributed by atoms with van der Waals surface area (Å²) in [5, 5.41) is 0. The number of aromatic nitrogens is 1. The minimum absolute atomic E-state index is 0.0261. The lowest BCUT2D eigenvalue weighted by atomic mass is 9.98. The van der Waals surface area contributed by atoms with Crippen LogP contribution in [0.1, 0.15) is 30.7 Å². The van der Waals surface area contributed by atoms with Crippen LogP contribution in [-0.4, -0.2) is 49.6 Å². The number of hydrogen-bond donors (Lipinski definition) is 1. The number of pyridine rings is 1. The standard InChI is InChI=1S/C21H25N3O3S/c1-28(26,27)23-15-7-6-12-24(14-15)21(25)19-13-18(19)16-8-2-3-9-17(16)20-10-4-5-11-22-20/h2-5,8-11,15,18-19,23H,6-7,12-14H2,1H3. The van der Waals surface area contributed by atoms with Gasteiger partial charge in [-0.3, -0.25) is 9.78 Å². The topological polar surface area (TPSA) is 79.4 Å². The zero-order valence-corrected chi connectivity index (χ0v) is 16.7. The van der Waals surface area contributed by atoms with E-state index in [0.29, 0.717) is 13.1 Å². The highest BCUT2D eigenvalue weighted by atomic mass is 32.2. The molecule has 0 bridgehead atoms. The lowest BCUT2D eigenvalue weighted by Gasteiger charge is -2.33. The van der Waals surface area contributed by atoms with E-state index in [1.54, 1.807) is 6.20 Å². The molecule has 1 aliphatic heterocycles. The summed E-state index contributed by atoms with van der Waals surface area (Å²) in [5.41, 5.74) is 3.17. The molecular weight excluding hydrogens is 374 g/mol. The van der Waals surface area contributed by atoms with Crippen molar-refractivity contribution in [2.24, 2.45) is 5.92 Å². The van der Waals surface area contributed by atoms with Gasteiger partial charge in [0.25, 0.3) is 0 Å². The molecular formula is C21H25N3O3S. The number of carbonyl (C=O) groups is 1. The number of nitrogens with one attached hydrogen (secondary N) is 1. The number of amides is 1. The predicted octanol–water partition coefficient (Wildman–Crippen LogP) is 2.39. The first-order chi connectivity index (χ1) is 13.4. The molecule has 2 heterocycles. The fourth-order valence-corrected chi connectivity index (χ4v) is 5.00. The second-order valence-corrected chi connectivity index (χ2v) is 9.54. The molecule has 1 aromatic carbocycles. The Morgan fingerprint density at radius 2 is 1.96 bits per heavy atom. The van der Waals surface area contributed by atoms with Crippen LogP contribution >= 0.6 is 0 Å². The summed E-state index contributed by atoms with van der Waals surface area (Å²) in [6, 6.07) is 13.8. The smallest absolute Gasteiger partial charge is 0.226 e. The Hall–Kier alpha value is -2.25. The zero-order chi connectivity index (χ0) is 19.7. The van der Waals surface area contributed by atoms with Crippen LogP contribution in [0.3, 0.4) is 0 Å². The van der Waals surface area contributed by atoms with Gasteiger partial charge in [-0.15, -0.1) is 0 Å². The molecule has 2 fully saturated rings.